The molecule has 0 bridgehead atoms. The van der Waals surface area contributed by atoms with E-state index >= 15 is 0 Å². The van der Waals surface area contributed by atoms with Crippen LogP contribution in [0, 0.1) is 6.92 Å². The largest absolute Gasteiger partial charge is 0.383 e. The predicted molar refractivity (Wildman–Crippen MR) is 87.1 cm³/mol. The third-order valence-corrected chi connectivity index (χ3v) is 3.84. The molecular weight excluding hydrogens is 280 g/mol. The van der Waals surface area contributed by atoms with Crippen LogP contribution in [0.4, 0.5) is 0 Å². The maximum atomic E-state index is 12.6. The fraction of sp³-hybridized carbons (Fsp3) is 0.471. The number of nitrogens with zero attached hydrogens (tertiary/aromatic N) is 1. The molecule has 0 radical (unpaired) electrons. The molecule has 0 aliphatic carbocycles. The number of ether oxygens (including phenoxy) is 2. The Hall–Kier alpha value is -1.85. The summed E-state index contributed by atoms with van der Waals surface area (Å²) in [5.41, 5.74) is 3.19. The van der Waals surface area contributed by atoms with Gasteiger partial charge in [-0.2, -0.15) is 0 Å². The number of rotatable bonds is 8. The fourth-order valence-corrected chi connectivity index (χ4v) is 2.59. The summed E-state index contributed by atoms with van der Waals surface area (Å²) in [6.45, 7) is 4.24. The summed E-state index contributed by atoms with van der Waals surface area (Å²) in [6.07, 6.45) is 0.392. The molecule has 0 spiro atoms. The van der Waals surface area contributed by atoms with E-state index in [0.29, 0.717) is 32.7 Å². The number of hydrogen-bond donors (Lipinski definition) is 1. The highest BCUT2D eigenvalue weighted by atomic mass is 16.5. The van der Waals surface area contributed by atoms with Crippen LogP contribution < -0.4 is 0 Å². The molecule has 1 aromatic carbocycles. The van der Waals surface area contributed by atoms with Gasteiger partial charge in [0.25, 0.3) is 0 Å². The Kier molecular flexibility index (Phi) is 5.98. The molecule has 0 aliphatic heterocycles. The molecule has 2 rings (SSSR count). The van der Waals surface area contributed by atoms with Crippen molar-refractivity contribution in [1.82, 2.24) is 9.88 Å². The van der Waals surface area contributed by atoms with E-state index in [1.54, 1.807) is 19.1 Å². The molecule has 0 aliphatic rings. The topological polar surface area (TPSA) is 54.6 Å². The van der Waals surface area contributed by atoms with Crippen LogP contribution >= 0.6 is 0 Å². The number of H-pyrrole nitrogens is 1. The van der Waals surface area contributed by atoms with E-state index in [9.17, 15) is 4.79 Å². The highest BCUT2D eigenvalue weighted by molar-refractivity contribution is 5.90. The summed E-state index contributed by atoms with van der Waals surface area (Å²) >= 11 is 0. The number of aryl methyl sites for hydroxylation is 1. The molecule has 0 unspecified atom stereocenters. The van der Waals surface area contributed by atoms with Crippen LogP contribution in [0.15, 0.2) is 24.3 Å². The quantitative estimate of drug-likeness (QED) is 0.813. The minimum absolute atomic E-state index is 0.0990. The monoisotopic (exact) mass is 304 g/mol. The van der Waals surface area contributed by atoms with Gasteiger partial charge < -0.3 is 19.4 Å². The zero-order valence-corrected chi connectivity index (χ0v) is 13.5. The van der Waals surface area contributed by atoms with Crippen molar-refractivity contribution in [2.24, 2.45) is 0 Å². The molecule has 1 aromatic heterocycles. The van der Waals surface area contributed by atoms with Gasteiger partial charge in [0, 0.05) is 43.9 Å². The lowest BCUT2D eigenvalue weighted by Crippen LogP contribution is -2.37. The molecule has 1 N–H and O–H groups in total. The molecule has 0 atom stereocenters. The van der Waals surface area contributed by atoms with Gasteiger partial charge in [-0.05, 0) is 18.6 Å². The number of benzene rings is 1. The molecule has 0 saturated heterocycles. The fourth-order valence-electron chi connectivity index (χ4n) is 2.59. The molecule has 0 fully saturated rings. The maximum absolute atomic E-state index is 12.6. The lowest BCUT2D eigenvalue weighted by atomic mass is 10.1. The van der Waals surface area contributed by atoms with Crippen LogP contribution in [-0.4, -0.2) is 56.3 Å². The number of carbonyl (C=O) groups excluding carboxylic acids is 1. The van der Waals surface area contributed by atoms with Crippen LogP contribution in [0.3, 0.4) is 0 Å². The van der Waals surface area contributed by atoms with Crippen molar-refractivity contribution in [3.8, 4) is 0 Å². The van der Waals surface area contributed by atoms with Gasteiger partial charge in [-0.3, -0.25) is 4.79 Å². The zero-order valence-electron chi connectivity index (χ0n) is 13.5. The highest BCUT2D eigenvalue weighted by Crippen LogP contribution is 2.22. The van der Waals surface area contributed by atoms with Crippen LogP contribution in [0.25, 0.3) is 10.9 Å². The van der Waals surface area contributed by atoms with Crippen LogP contribution in [-0.2, 0) is 20.7 Å². The van der Waals surface area contributed by atoms with Crippen molar-refractivity contribution < 1.29 is 14.3 Å². The van der Waals surface area contributed by atoms with Crippen molar-refractivity contribution in [3.05, 3.63) is 35.5 Å². The second kappa shape index (κ2) is 7.96. The van der Waals surface area contributed by atoms with Crippen LogP contribution in [0.1, 0.15) is 11.3 Å². The van der Waals surface area contributed by atoms with Gasteiger partial charge in [0.15, 0.2) is 0 Å². The molecule has 0 saturated carbocycles. The number of hydrogen-bond acceptors (Lipinski definition) is 3. The molecule has 1 heterocycles. The van der Waals surface area contributed by atoms with E-state index in [-0.39, 0.29) is 5.91 Å². The summed E-state index contributed by atoms with van der Waals surface area (Å²) in [7, 11) is 3.28. The van der Waals surface area contributed by atoms with Gasteiger partial charge in [-0.1, -0.05) is 18.2 Å². The smallest absolute Gasteiger partial charge is 0.227 e. The second-order valence-electron chi connectivity index (χ2n) is 5.32. The van der Waals surface area contributed by atoms with E-state index in [0.717, 1.165) is 22.2 Å². The predicted octanol–water partition coefficient (Wildman–Crippen LogP) is 2.14. The summed E-state index contributed by atoms with van der Waals surface area (Å²) in [5.74, 6) is 0.0990. The number of fused-ring (bicyclic) bond motifs is 1. The third-order valence-electron chi connectivity index (χ3n) is 3.84. The average molecular weight is 304 g/mol. The molecule has 2 aromatic rings. The number of nitrogens with one attached hydrogen (secondary N) is 1. The standard InChI is InChI=1S/C17H24N2O3/c1-13-15(14-6-4-5-7-16(14)18-13)12-17(20)19(8-10-21-2)9-11-22-3/h4-7,18H,8-12H2,1-3H3. The number of aromatic amines is 1. The average Bonchev–Trinajstić information content (AvgIpc) is 2.83. The van der Waals surface area contributed by atoms with Crippen molar-refractivity contribution in [3.63, 3.8) is 0 Å². The Balaban J connectivity index is 2.14. The molecule has 22 heavy (non-hydrogen) atoms. The minimum atomic E-state index is 0.0990. The first-order valence-electron chi connectivity index (χ1n) is 7.49. The Morgan fingerprint density at radius 2 is 1.77 bits per heavy atom. The number of carbonyl (C=O) groups is 1. The van der Waals surface area contributed by atoms with E-state index in [4.69, 9.17) is 9.47 Å². The van der Waals surface area contributed by atoms with E-state index in [1.807, 2.05) is 25.1 Å². The number of aromatic nitrogens is 1. The summed E-state index contributed by atoms with van der Waals surface area (Å²) in [4.78, 5) is 17.8. The lowest BCUT2D eigenvalue weighted by Gasteiger charge is -2.22. The van der Waals surface area contributed by atoms with E-state index < -0.39 is 0 Å². The zero-order chi connectivity index (χ0) is 15.9. The SMILES string of the molecule is COCCN(CCOC)C(=O)Cc1c(C)[nH]c2ccccc12. The molecular formula is C17H24N2O3. The summed E-state index contributed by atoms with van der Waals surface area (Å²) in [5, 5.41) is 1.12. The number of amides is 1. The van der Waals surface area contributed by atoms with Gasteiger partial charge in [0.1, 0.15) is 0 Å². The third kappa shape index (κ3) is 3.87. The minimum Gasteiger partial charge on any atom is -0.383 e. The van der Waals surface area contributed by atoms with E-state index in [1.165, 1.54) is 0 Å². The van der Waals surface area contributed by atoms with Gasteiger partial charge >= 0.3 is 0 Å². The Morgan fingerprint density at radius 1 is 1.14 bits per heavy atom. The molecule has 120 valence electrons. The van der Waals surface area contributed by atoms with Gasteiger partial charge in [-0.25, -0.2) is 0 Å². The lowest BCUT2D eigenvalue weighted by molar-refractivity contribution is -0.131. The van der Waals surface area contributed by atoms with E-state index in [2.05, 4.69) is 11.1 Å². The first-order valence-corrected chi connectivity index (χ1v) is 7.49. The Bertz CT molecular complexity index is 613. The molecule has 5 heteroatoms. The summed E-state index contributed by atoms with van der Waals surface area (Å²) in [6, 6.07) is 8.07. The highest BCUT2D eigenvalue weighted by Gasteiger charge is 2.17. The normalized spacial score (nSPS) is 11.0. The van der Waals surface area contributed by atoms with Crippen molar-refractivity contribution in [1.29, 1.82) is 0 Å². The summed E-state index contributed by atoms with van der Waals surface area (Å²) < 4.78 is 10.2. The van der Waals surface area contributed by atoms with Crippen molar-refractivity contribution >= 4 is 16.8 Å². The Morgan fingerprint density at radius 3 is 2.41 bits per heavy atom. The van der Waals surface area contributed by atoms with Crippen molar-refractivity contribution in [2.75, 3.05) is 40.5 Å². The van der Waals surface area contributed by atoms with Gasteiger partial charge in [-0.15, -0.1) is 0 Å². The molecule has 1 amide bonds. The van der Waals surface area contributed by atoms with Crippen molar-refractivity contribution in [2.45, 2.75) is 13.3 Å². The second-order valence-corrected chi connectivity index (χ2v) is 5.32. The van der Waals surface area contributed by atoms with Crippen LogP contribution in [0.2, 0.25) is 0 Å². The first kappa shape index (κ1) is 16.5. The Labute approximate surface area is 131 Å². The number of methoxy groups -OCH3 is 2. The van der Waals surface area contributed by atoms with Gasteiger partial charge in [0.2, 0.25) is 5.91 Å². The molecule has 5 nitrogen and oxygen atoms in total. The van der Waals surface area contributed by atoms with Crippen LogP contribution in [0.5, 0.6) is 0 Å². The van der Waals surface area contributed by atoms with Gasteiger partial charge in [0.05, 0.1) is 19.6 Å². The maximum Gasteiger partial charge on any atom is 0.227 e. The first-order chi connectivity index (χ1) is 10.7. The number of para-hydroxylation sites is 1.